The molecule has 0 amide bonds. The van der Waals surface area contributed by atoms with Crippen LogP contribution in [0.25, 0.3) is 0 Å². The van der Waals surface area contributed by atoms with Crippen LogP contribution in [0.1, 0.15) is 0 Å². The lowest BCUT2D eigenvalue weighted by Gasteiger charge is -2.37. The Morgan fingerprint density at radius 3 is 0.857 bits per heavy atom. The fraction of sp³-hybridized carbons (Fsp3) is 0.143. The SMILES string of the molecule is O=P(O)(O)C(NCCNC(Oc1ccccc1)(Oc1ccccc1)P(=O)(O)O)(Oc1ccccc1)Oc1ccccc1. The van der Waals surface area contributed by atoms with Crippen LogP contribution in [0.2, 0.25) is 0 Å². The summed E-state index contributed by atoms with van der Waals surface area (Å²) in [4.78, 5) is 41.7. The standard InChI is InChI=1S/C28H30N2O10P2/c31-41(32,33)27(37-23-13-5-1-6-14-23,38-24-15-7-2-8-16-24)29-21-22-30-28(42(34,35)36,39-25-17-9-3-10-18-25)40-26-19-11-4-12-20-26/h1-20,29-30H,21-22H2,(H2,31,32,33)(H2,34,35,36). The van der Waals surface area contributed by atoms with Crippen molar-refractivity contribution in [2.24, 2.45) is 0 Å². The minimum absolute atomic E-state index is 0.0848. The molecule has 0 saturated carbocycles. The molecule has 4 aromatic carbocycles. The lowest BCUT2D eigenvalue weighted by molar-refractivity contribution is -0.0948. The Morgan fingerprint density at radius 2 is 0.667 bits per heavy atom. The first kappa shape index (κ1) is 31.2. The van der Waals surface area contributed by atoms with E-state index in [0.29, 0.717) is 0 Å². The van der Waals surface area contributed by atoms with Crippen molar-refractivity contribution in [1.29, 1.82) is 0 Å². The Balaban J connectivity index is 1.62. The highest BCUT2D eigenvalue weighted by atomic mass is 31.2. The van der Waals surface area contributed by atoms with E-state index in [1.165, 1.54) is 48.5 Å². The van der Waals surface area contributed by atoms with Gasteiger partial charge in [0.25, 0.3) is 0 Å². The molecule has 0 aliphatic rings. The Bertz CT molecular complexity index is 1290. The Labute approximate surface area is 242 Å². The molecule has 0 fully saturated rings. The molecular weight excluding hydrogens is 586 g/mol. The summed E-state index contributed by atoms with van der Waals surface area (Å²) in [7, 11) is -10.5. The van der Waals surface area contributed by atoms with Gasteiger partial charge in [-0.25, -0.2) is 19.8 Å². The van der Waals surface area contributed by atoms with Crippen molar-refractivity contribution in [1.82, 2.24) is 10.6 Å². The summed E-state index contributed by atoms with van der Waals surface area (Å²) in [6.07, 6.45) is 0. The third kappa shape index (κ3) is 7.98. The van der Waals surface area contributed by atoms with Crippen LogP contribution in [0.3, 0.4) is 0 Å². The lowest BCUT2D eigenvalue weighted by Crippen LogP contribution is -2.59. The molecule has 4 rings (SSSR count). The zero-order valence-corrected chi connectivity index (χ0v) is 23.9. The van der Waals surface area contributed by atoms with Gasteiger partial charge in [-0.05, 0) is 48.5 Å². The fourth-order valence-corrected chi connectivity index (χ4v) is 5.20. The molecule has 4 aromatic rings. The highest BCUT2D eigenvalue weighted by Crippen LogP contribution is 2.51. The van der Waals surface area contributed by atoms with Crippen LogP contribution in [-0.4, -0.2) is 44.0 Å². The summed E-state index contributed by atoms with van der Waals surface area (Å²) >= 11 is 0. The molecule has 14 heteroatoms. The maximum Gasteiger partial charge on any atom is 0.428 e. The first-order valence-electron chi connectivity index (χ1n) is 12.6. The average Bonchev–Trinajstić information content (AvgIpc) is 2.96. The largest absolute Gasteiger partial charge is 0.430 e. The van der Waals surface area contributed by atoms with Gasteiger partial charge in [0, 0.05) is 13.1 Å². The molecule has 0 aliphatic carbocycles. The van der Waals surface area contributed by atoms with Crippen LogP contribution < -0.4 is 29.6 Å². The van der Waals surface area contributed by atoms with Crippen molar-refractivity contribution < 1.29 is 47.7 Å². The summed E-state index contributed by atoms with van der Waals surface area (Å²) in [5.41, 5.74) is -5.44. The zero-order chi connectivity index (χ0) is 30.1. The zero-order valence-electron chi connectivity index (χ0n) is 22.1. The number of para-hydroxylation sites is 4. The monoisotopic (exact) mass is 616 g/mol. The number of nitrogens with one attached hydrogen (secondary N) is 2. The predicted molar refractivity (Wildman–Crippen MR) is 154 cm³/mol. The summed E-state index contributed by atoms with van der Waals surface area (Å²) in [5.74, 6) is 0.339. The summed E-state index contributed by atoms with van der Waals surface area (Å²) in [6.45, 7) is -0.717. The van der Waals surface area contributed by atoms with E-state index in [9.17, 15) is 28.7 Å². The summed E-state index contributed by atoms with van der Waals surface area (Å²) < 4.78 is 48.6. The van der Waals surface area contributed by atoms with E-state index in [0.717, 1.165) is 0 Å². The second kappa shape index (κ2) is 13.5. The number of hydrogen-bond donors (Lipinski definition) is 6. The minimum Gasteiger partial charge on any atom is -0.430 e. The number of rotatable bonds is 15. The molecule has 0 unspecified atom stereocenters. The van der Waals surface area contributed by atoms with E-state index in [4.69, 9.17) is 18.9 Å². The van der Waals surface area contributed by atoms with E-state index >= 15 is 0 Å². The van der Waals surface area contributed by atoms with E-state index in [1.54, 1.807) is 72.8 Å². The predicted octanol–water partition coefficient (Wildman–Crippen LogP) is 4.06. The maximum absolute atomic E-state index is 12.9. The van der Waals surface area contributed by atoms with Gasteiger partial charge in [0.2, 0.25) is 0 Å². The van der Waals surface area contributed by atoms with Crippen molar-refractivity contribution in [2.75, 3.05) is 13.1 Å². The Kier molecular flexibility index (Phi) is 10.1. The van der Waals surface area contributed by atoms with E-state index < -0.39 is 26.5 Å². The van der Waals surface area contributed by atoms with Crippen molar-refractivity contribution >= 4 is 15.2 Å². The van der Waals surface area contributed by atoms with Gasteiger partial charge < -0.3 is 38.5 Å². The molecule has 12 nitrogen and oxygen atoms in total. The van der Waals surface area contributed by atoms with Gasteiger partial charge in [-0.1, -0.05) is 72.8 Å². The molecule has 0 saturated heterocycles. The van der Waals surface area contributed by atoms with E-state index in [-0.39, 0.29) is 36.1 Å². The number of ether oxygens (including phenoxy) is 4. The van der Waals surface area contributed by atoms with Gasteiger partial charge in [0.15, 0.2) is 0 Å². The van der Waals surface area contributed by atoms with E-state index in [1.807, 2.05) is 0 Å². The molecule has 0 aliphatic heterocycles. The highest BCUT2D eigenvalue weighted by molar-refractivity contribution is 7.53. The smallest absolute Gasteiger partial charge is 0.428 e. The molecule has 0 spiro atoms. The van der Waals surface area contributed by atoms with Crippen molar-refractivity contribution in [3.63, 3.8) is 0 Å². The van der Waals surface area contributed by atoms with Gasteiger partial charge in [-0.15, -0.1) is 0 Å². The second-order valence-electron chi connectivity index (χ2n) is 8.77. The summed E-state index contributed by atoms with van der Waals surface area (Å²) in [6, 6.07) is 31.6. The van der Waals surface area contributed by atoms with Crippen LogP contribution in [0.4, 0.5) is 0 Å². The first-order valence-corrected chi connectivity index (χ1v) is 15.8. The molecular formula is C28H30N2O10P2. The molecule has 222 valence electrons. The third-order valence-corrected chi connectivity index (χ3v) is 7.80. The van der Waals surface area contributed by atoms with Crippen LogP contribution in [0.15, 0.2) is 121 Å². The average molecular weight is 617 g/mol. The number of hydrogen-bond acceptors (Lipinski definition) is 8. The highest BCUT2D eigenvalue weighted by Gasteiger charge is 2.55. The van der Waals surface area contributed by atoms with Crippen molar-refractivity contribution in [3.05, 3.63) is 121 Å². The Hall–Kier alpha value is -3.70. The number of benzene rings is 4. The van der Waals surface area contributed by atoms with Gasteiger partial charge in [-0.2, -0.15) is 0 Å². The van der Waals surface area contributed by atoms with Crippen molar-refractivity contribution in [3.8, 4) is 23.0 Å². The molecule has 6 N–H and O–H groups in total. The lowest BCUT2D eigenvalue weighted by atomic mass is 10.3. The maximum atomic E-state index is 12.9. The normalized spacial score (nSPS) is 12.4. The molecule has 0 bridgehead atoms. The van der Waals surface area contributed by atoms with Gasteiger partial charge >= 0.3 is 26.5 Å². The quantitative estimate of drug-likeness (QED) is 0.0643. The van der Waals surface area contributed by atoms with Crippen LogP contribution in [0, 0.1) is 0 Å². The van der Waals surface area contributed by atoms with Crippen LogP contribution >= 0.6 is 15.2 Å². The molecule has 0 heterocycles. The second-order valence-corrected chi connectivity index (χ2v) is 12.1. The first-order chi connectivity index (χ1) is 20.0. The minimum atomic E-state index is -5.26. The molecule has 0 atom stereocenters. The van der Waals surface area contributed by atoms with Crippen LogP contribution in [-0.2, 0) is 9.13 Å². The van der Waals surface area contributed by atoms with Crippen LogP contribution in [0.5, 0.6) is 23.0 Å². The third-order valence-electron chi connectivity index (χ3n) is 5.59. The summed E-state index contributed by atoms with van der Waals surface area (Å²) in [5, 5.41) is 5.18. The van der Waals surface area contributed by atoms with Gasteiger partial charge in [0.1, 0.15) is 23.0 Å². The van der Waals surface area contributed by atoms with E-state index in [2.05, 4.69) is 10.6 Å². The molecule has 0 aromatic heterocycles. The molecule has 0 radical (unpaired) electrons. The molecule has 42 heavy (non-hydrogen) atoms. The Morgan fingerprint density at radius 1 is 0.452 bits per heavy atom. The van der Waals surface area contributed by atoms with Crippen molar-refractivity contribution in [2.45, 2.75) is 11.3 Å². The fourth-order valence-electron chi connectivity index (χ4n) is 3.66. The van der Waals surface area contributed by atoms with Gasteiger partial charge in [0.05, 0.1) is 0 Å². The topological polar surface area (TPSA) is 176 Å². The van der Waals surface area contributed by atoms with Gasteiger partial charge in [-0.3, -0.25) is 0 Å².